The van der Waals surface area contributed by atoms with Gasteiger partial charge in [-0.15, -0.1) is 0 Å². The number of aliphatic hydroxyl groups excluding tert-OH is 1. The number of pyridine rings is 3. The fraction of sp³-hybridized carbons (Fsp3) is 0.472. The number of aromatic nitrogens is 3. The lowest BCUT2D eigenvalue weighted by Gasteiger charge is -2.29. The maximum Gasteiger partial charge on any atom is 0.213 e. The van der Waals surface area contributed by atoms with E-state index in [0.717, 1.165) is 31.5 Å². The number of nitrogens with two attached hydrogens (primary N) is 1. The van der Waals surface area contributed by atoms with Gasteiger partial charge in [0, 0.05) is 56.8 Å². The van der Waals surface area contributed by atoms with Gasteiger partial charge < -0.3 is 39.8 Å². The van der Waals surface area contributed by atoms with Crippen LogP contribution in [0.3, 0.4) is 0 Å². The molecule has 256 valence electrons. The molecular formula is C36H45FN6O5. The van der Waals surface area contributed by atoms with Crippen LogP contribution in [0.4, 0.5) is 15.9 Å². The van der Waals surface area contributed by atoms with Gasteiger partial charge in [0.25, 0.3) is 0 Å². The van der Waals surface area contributed by atoms with Crippen LogP contribution < -0.4 is 35.6 Å². The smallest absolute Gasteiger partial charge is 0.213 e. The topological polar surface area (TPSA) is 137 Å². The number of hydrogen-bond acceptors (Lipinski definition) is 10. The molecule has 7 rings (SSSR count). The van der Waals surface area contributed by atoms with Crippen molar-refractivity contribution in [3.8, 4) is 17.4 Å². The molecule has 3 atom stereocenters. The van der Waals surface area contributed by atoms with E-state index in [0.29, 0.717) is 48.9 Å². The van der Waals surface area contributed by atoms with Crippen molar-refractivity contribution < 1.29 is 23.7 Å². The molecule has 11 nitrogen and oxygen atoms in total. The first-order valence-corrected chi connectivity index (χ1v) is 16.8. The molecule has 3 aliphatic rings. The monoisotopic (exact) mass is 660 g/mol. The van der Waals surface area contributed by atoms with E-state index in [4.69, 9.17) is 19.9 Å². The Morgan fingerprint density at radius 3 is 2.69 bits per heavy atom. The molecular weight excluding hydrogens is 615 g/mol. The lowest BCUT2D eigenvalue weighted by molar-refractivity contribution is 0.163. The molecule has 4 aromatic rings. The third-order valence-corrected chi connectivity index (χ3v) is 9.38. The summed E-state index contributed by atoms with van der Waals surface area (Å²) in [7, 11) is 1.56. The number of rotatable bonds is 9. The fourth-order valence-corrected chi connectivity index (χ4v) is 6.71. The van der Waals surface area contributed by atoms with Gasteiger partial charge in [0.2, 0.25) is 5.88 Å². The SMILES string of the molecule is COc1cc(CNCc2cn3c4c(c(OC5CCC(CO)C5)c(F)cc4c2=O)OCC3C)ccn1.Nc1ccc(N2CCCCC2)cn1. The van der Waals surface area contributed by atoms with E-state index < -0.39 is 5.82 Å². The number of nitrogens with zero attached hydrogens (tertiary/aromatic N) is 4. The molecule has 2 aliphatic heterocycles. The molecule has 1 aliphatic carbocycles. The van der Waals surface area contributed by atoms with E-state index in [1.807, 2.05) is 48.1 Å². The van der Waals surface area contributed by atoms with Gasteiger partial charge in [-0.3, -0.25) is 4.79 Å². The molecule has 3 unspecified atom stereocenters. The largest absolute Gasteiger partial charge is 0.485 e. The van der Waals surface area contributed by atoms with Crippen molar-refractivity contribution in [2.75, 3.05) is 44.0 Å². The number of benzene rings is 1. The average molecular weight is 661 g/mol. The van der Waals surface area contributed by atoms with Crippen molar-refractivity contribution in [1.82, 2.24) is 19.9 Å². The molecule has 4 N–H and O–H groups in total. The highest BCUT2D eigenvalue weighted by Crippen LogP contribution is 2.43. The quantitative estimate of drug-likeness (QED) is 0.226. The van der Waals surface area contributed by atoms with E-state index in [2.05, 4.69) is 20.2 Å². The number of methoxy groups -OCH3 is 1. The molecule has 0 amide bonds. The van der Waals surface area contributed by atoms with Crippen LogP contribution >= 0.6 is 0 Å². The van der Waals surface area contributed by atoms with Crippen LogP contribution in [0.2, 0.25) is 0 Å². The molecule has 0 bridgehead atoms. The summed E-state index contributed by atoms with van der Waals surface area (Å²) >= 11 is 0. The number of nitrogens with one attached hydrogen (secondary N) is 1. The Kier molecular flexibility index (Phi) is 10.6. The highest BCUT2D eigenvalue weighted by molar-refractivity contribution is 5.89. The molecule has 3 aromatic heterocycles. The summed E-state index contributed by atoms with van der Waals surface area (Å²) < 4.78 is 34.4. The predicted octanol–water partition coefficient (Wildman–Crippen LogP) is 4.98. The first kappa shape index (κ1) is 33.5. The number of hydrogen-bond donors (Lipinski definition) is 3. The molecule has 2 fully saturated rings. The van der Waals surface area contributed by atoms with Gasteiger partial charge >= 0.3 is 0 Å². The van der Waals surface area contributed by atoms with Gasteiger partial charge in [0.15, 0.2) is 22.7 Å². The summed E-state index contributed by atoms with van der Waals surface area (Å²) in [6.07, 6.45) is 11.4. The Morgan fingerprint density at radius 2 is 1.96 bits per heavy atom. The molecule has 12 heteroatoms. The summed E-state index contributed by atoms with van der Waals surface area (Å²) in [5.74, 6) is 1.03. The van der Waals surface area contributed by atoms with Crippen LogP contribution in [0.5, 0.6) is 17.4 Å². The van der Waals surface area contributed by atoms with E-state index in [1.54, 1.807) is 13.3 Å². The fourth-order valence-electron chi connectivity index (χ4n) is 6.71. The van der Waals surface area contributed by atoms with Crippen LogP contribution in [0.1, 0.15) is 62.6 Å². The molecule has 0 spiro atoms. The van der Waals surface area contributed by atoms with Crippen molar-refractivity contribution in [3.05, 3.63) is 76.1 Å². The Hall–Kier alpha value is -4.42. The van der Waals surface area contributed by atoms with E-state index in [1.165, 1.54) is 31.0 Å². The number of anilines is 2. The zero-order chi connectivity index (χ0) is 33.6. The highest BCUT2D eigenvalue weighted by atomic mass is 19.1. The number of halogens is 1. The van der Waals surface area contributed by atoms with E-state index in [9.17, 15) is 9.90 Å². The van der Waals surface area contributed by atoms with Gasteiger partial charge in [-0.25, -0.2) is 14.4 Å². The summed E-state index contributed by atoms with van der Waals surface area (Å²) in [4.78, 5) is 23.9. The summed E-state index contributed by atoms with van der Waals surface area (Å²) in [5, 5.41) is 13.0. The first-order chi connectivity index (χ1) is 23.3. The molecule has 5 heterocycles. The van der Waals surface area contributed by atoms with E-state index >= 15 is 4.39 Å². The van der Waals surface area contributed by atoms with Crippen LogP contribution in [0.15, 0.2) is 53.7 Å². The first-order valence-electron chi connectivity index (χ1n) is 16.8. The second-order valence-corrected chi connectivity index (χ2v) is 12.9. The maximum atomic E-state index is 15.3. The third kappa shape index (κ3) is 7.50. The number of ether oxygens (including phenoxy) is 3. The highest BCUT2D eigenvalue weighted by Gasteiger charge is 2.31. The second kappa shape index (κ2) is 15.2. The summed E-state index contributed by atoms with van der Waals surface area (Å²) in [5.41, 5.74) is 8.58. The van der Waals surface area contributed by atoms with Crippen LogP contribution in [0.25, 0.3) is 10.9 Å². The Labute approximate surface area is 279 Å². The minimum Gasteiger partial charge on any atom is -0.485 e. The van der Waals surface area contributed by atoms with Crippen molar-refractivity contribution in [2.45, 2.75) is 70.7 Å². The zero-order valence-electron chi connectivity index (χ0n) is 27.7. The predicted molar refractivity (Wildman–Crippen MR) is 183 cm³/mol. The van der Waals surface area contributed by atoms with Crippen molar-refractivity contribution >= 4 is 22.4 Å². The molecule has 1 aromatic carbocycles. The van der Waals surface area contributed by atoms with Gasteiger partial charge in [0.1, 0.15) is 12.4 Å². The lowest BCUT2D eigenvalue weighted by atomic mass is 10.1. The van der Waals surface area contributed by atoms with Crippen LogP contribution in [0, 0.1) is 11.7 Å². The van der Waals surface area contributed by atoms with Crippen LogP contribution in [-0.4, -0.2) is 59.2 Å². The molecule has 0 radical (unpaired) electrons. The van der Waals surface area contributed by atoms with Gasteiger partial charge in [-0.1, -0.05) is 0 Å². The Morgan fingerprint density at radius 1 is 1.12 bits per heavy atom. The molecule has 48 heavy (non-hydrogen) atoms. The van der Waals surface area contributed by atoms with E-state index in [-0.39, 0.29) is 47.0 Å². The minimum atomic E-state index is -0.604. The van der Waals surface area contributed by atoms with Crippen molar-refractivity contribution in [3.63, 3.8) is 0 Å². The lowest BCUT2D eigenvalue weighted by Crippen LogP contribution is -2.29. The van der Waals surface area contributed by atoms with Crippen molar-refractivity contribution in [1.29, 1.82) is 0 Å². The van der Waals surface area contributed by atoms with Gasteiger partial charge in [-0.2, -0.15) is 0 Å². The average Bonchev–Trinajstić information content (AvgIpc) is 3.58. The van der Waals surface area contributed by atoms with Crippen LogP contribution in [-0.2, 0) is 13.1 Å². The van der Waals surface area contributed by atoms with Gasteiger partial charge in [0.05, 0.1) is 42.0 Å². The van der Waals surface area contributed by atoms with Crippen molar-refractivity contribution in [2.24, 2.45) is 5.92 Å². The Bertz CT molecular complexity index is 1760. The summed E-state index contributed by atoms with van der Waals surface area (Å²) in [6.45, 7) is 5.62. The molecule has 1 saturated carbocycles. The summed E-state index contributed by atoms with van der Waals surface area (Å²) in [6, 6.07) is 8.86. The number of piperidine rings is 1. The number of nitrogen functional groups attached to an aromatic ring is 1. The molecule has 1 saturated heterocycles. The Balaban J connectivity index is 0.000000257. The standard InChI is InChI=1S/C26H30FN3O5.C10H15N3/c1-15-14-34-26-23-20(9-21(27)25(26)35-19-4-3-17(7-19)13-31)24(32)18(12-30(15)23)11-28-10-16-5-6-29-22(8-16)33-2;11-10-5-4-9(8-12-10)13-6-2-1-3-7-13/h5-6,8-9,12,15,17,19,28,31H,3-4,7,10-11,13-14H2,1-2H3;4-5,8H,1-3,6-7H2,(H2,11,12). The van der Waals surface area contributed by atoms with Gasteiger partial charge in [-0.05, 0) is 81.2 Å². The second-order valence-electron chi connectivity index (χ2n) is 12.9. The number of aliphatic hydroxyl groups is 1. The zero-order valence-corrected chi connectivity index (χ0v) is 27.7. The third-order valence-electron chi connectivity index (χ3n) is 9.38. The normalized spacial score (nSPS) is 20.2. The minimum absolute atomic E-state index is 0.0302. The maximum absolute atomic E-state index is 15.3.